The van der Waals surface area contributed by atoms with Crippen LogP contribution in [-0.2, 0) is 0 Å². The normalized spacial score (nSPS) is 10.7. The van der Waals surface area contributed by atoms with Gasteiger partial charge in [0.2, 0.25) is 5.43 Å². The number of halogens is 1. The summed E-state index contributed by atoms with van der Waals surface area (Å²) >= 11 is 6.22. The van der Waals surface area contributed by atoms with Crippen LogP contribution in [0.15, 0.2) is 77.6 Å². The van der Waals surface area contributed by atoms with Crippen LogP contribution >= 0.6 is 11.6 Å². The zero-order chi connectivity index (χ0) is 23.5. The Hall–Kier alpha value is -3.90. The Balaban J connectivity index is 1.92. The van der Waals surface area contributed by atoms with Gasteiger partial charge in [-0.2, -0.15) is 5.10 Å². The third-order valence-electron chi connectivity index (χ3n) is 5.23. The van der Waals surface area contributed by atoms with Gasteiger partial charge in [-0.15, -0.1) is 0 Å². The van der Waals surface area contributed by atoms with Crippen molar-refractivity contribution < 1.29 is 9.53 Å². The first-order valence-corrected chi connectivity index (χ1v) is 10.7. The minimum atomic E-state index is -0.383. The molecule has 6 nitrogen and oxygen atoms in total. The number of hydrogen-bond acceptors (Lipinski definition) is 4. The molecule has 1 N–H and O–H groups in total. The van der Waals surface area contributed by atoms with Crippen LogP contribution in [0.5, 0.6) is 5.75 Å². The van der Waals surface area contributed by atoms with Crippen molar-refractivity contribution in [2.45, 2.75) is 13.8 Å². The van der Waals surface area contributed by atoms with Gasteiger partial charge >= 0.3 is 0 Å². The number of anilines is 1. The van der Waals surface area contributed by atoms with Crippen molar-refractivity contribution >= 4 is 23.3 Å². The smallest absolute Gasteiger partial charge is 0.256 e. The predicted molar refractivity (Wildman–Crippen MR) is 131 cm³/mol. The molecular weight excluding hydrogens is 438 g/mol. The number of methoxy groups -OCH3 is 1. The van der Waals surface area contributed by atoms with Gasteiger partial charge in [-0.25, -0.2) is 4.68 Å². The lowest BCUT2D eigenvalue weighted by molar-refractivity contribution is 0.102. The summed E-state index contributed by atoms with van der Waals surface area (Å²) in [6, 6.07) is 21.3. The highest BCUT2D eigenvalue weighted by molar-refractivity contribution is 6.30. The van der Waals surface area contributed by atoms with E-state index in [1.807, 2.05) is 37.3 Å². The molecule has 0 aliphatic carbocycles. The summed E-state index contributed by atoms with van der Waals surface area (Å²) in [6.45, 7) is 3.62. The molecule has 4 rings (SSSR count). The van der Waals surface area contributed by atoms with Crippen LogP contribution < -0.4 is 15.5 Å². The zero-order valence-electron chi connectivity index (χ0n) is 18.4. The summed E-state index contributed by atoms with van der Waals surface area (Å²) in [5.41, 5.74) is 3.15. The monoisotopic (exact) mass is 459 g/mol. The van der Waals surface area contributed by atoms with E-state index in [9.17, 15) is 9.59 Å². The van der Waals surface area contributed by atoms with E-state index in [4.69, 9.17) is 16.3 Å². The molecule has 1 heterocycles. The number of benzene rings is 3. The molecule has 4 aromatic rings. The highest BCUT2D eigenvalue weighted by Gasteiger charge is 2.21. The van der Waals surface area contributed by atoms with E-state index >= 15 is 0 Å². The summed E-state index contributed by atoms with van der Waals surface area (Å²) in [5, 5.41) is 7.89. The summed E-state index contributed by atoms with van der Waals surface area (Å²) in [7, 11) is 1.56. The van der Waals surface area contributed by atoms with E-state index in [1.54, 1.807) is 61.2 Å². The SMILES string of the molecule is COc1ccc(C(=O)Nc2c(-c3ccc(C)cc3)c(=O)c(C)nn2-c2cccc(Cl)c2)cc1. The predicted octanol–water partition coefficient (Wildman–Crippen LogP) is 5.43. The van der Waals surface area contributed by atoms with E-state index in [-0.39, 0.29) is 17.2 Å². The zero-order valence-corrected chi connectivity index (χ0v) is 19.2. The van der Waals surface area contributed by atoms with Crippen molar-refractivity contribution in [2.24, 2.45) is 0 Å². The van der Waals surface area contributed by atoms with E-state index < -0.39 is 0 Å². The summed E-state index contributed by atoms with van der Waals surface area (Å²) in [6.07, 6.45) is 0. The van der Waals surface area contributed by atoms with Crippen LogP contribution in [0.2, 0.25) is 5.02 Å². The van der Waals surface area contributed by atoms with Crippen molar-refractivity contribution in [3.05, 3.63) is 105 Å². The lowest BCUT2D eigenvalue weighted by Crippen LogP contribution is -2.25. The lowest BCUT2D eigenvalue weighted by atomic mass is 10.0. The third-order valence-corrected chi connectivity index (χ3v) is 5.47. The highest BCUT2D eigenvalue weighted by Crippen LogP contribution is 2.29. The van der Waals surface area contributed by atoms with E-state index in [1.165, 1.54) is 0 Å². The Morgan fingerprint density at radius 2 is 1.70 bits per heavy atom. The molecule has 0 fully saturated rings. The highest BCUT2D eigenvalue weighted by atomic mass is 35.5. The number of nitrogens with zero attached hydrogens (tertiary/aromatic N) is 2. The van der Waals surface area contributed by atoms with E-state index in [0.29, 0.717) is 38.8 Å². The third kappa shape index (κ3) is 4.66. The van der Waals surface area contributed by atoms with Crippen molar-refractivity contribution in [3.8, 4) is 22.6 Å². The molecule has 0 atom stereocenters. The van der Waals surface area contributed by atoms with Crippen molar-refractivity contribution in [1.82, 2.24) is 9.78 Å². The van der Waals surface area contributed by atoms with Crippen LogP contribution in [0.4, 0.5) is 5.82 Å². The van der Waals surface area contributed by atoms with E-state index in [0.717, 1.165) is 5.56 Å². The van der Waals surface area contributed by atoms with Crippen molar-refractivity contribution in [1.29, 1.82) is 0 Å². The number of carbonyl (C=O) groups excluding carboxylic acids is 1. The molecule has 0 saturated heterocycles. The summed E-state index contributed by atoms with van der Waals surface area (Å²) < 4.78 is 6.71. The molecule has 1 amide bonds. The Labute approximate surface area is 196 Å². The summed E-state index contributed by atoms with van der Waals surface area (Å²) in [4.78, 5) is 26.4. The fourth-order valence-corrected chi connectivity index (χ4v) is 3.64. The number of amides is 1. The molecule has 0 radical (unpaired) electrons. The summed E-state index contributed by atoms with van der Waals surface area (Å²) in [5.74, 6) is 0.518. The molecule has 33 heavy (non-hydrogen) atoms. The molecule has 0 aliphatic rings. The fraction of sp³-hybridized carbons (Fsp3) is 0.115. The second kappa shape index (κ2) is 9.30. The van der Waals surface area contributed by atoms with Gasteiger partial charge in [-0.3, -0.25) is 9.59 Å². The number of carbonyl (C=O) groups is 1. The van der Waals surface area contributed by atoms with Gasteiger partial charge < -0.3 is 10.1 Å². The standard InChI is InChI=1S/C26H22ClN3O3/c1-16-7-9-18(10-8-16)23-24(31)17(2)29-30(21-6-4-5-20(27)15-21)25(23)28-26(32)19-11-13-22(33-3)14-12-19/h4-15H,1-3H3,(H,28,32). The Morgan fingerprint density at radius 1 is 1.00 bits per heavy atom. The fourth-order valence-electron chi connectivity index (χ4n) is 3.46. The maximum absolute atomic E-state index is 13.3. The molecule has 0 bridgehead atoms. The first kappa shape index (κ1) is 22.3. The molecule has 166 valence electrons. The average molecular weight is 460 g/mol. The van der Waals surface area contributed by atoms with Gasteiger partial charge in [-0.05, 0) is 61.9 Å². The first-order chi connectivity index (χ1) is 15.9. The Kier molecular flexibility index (Phi) is 6.29. The second-order valence-corrected chi connectivity index (χ2v) is 8.01. The van der Waals surface area contributed by atoms with Crippen LogP contribution in [-0.4, -0.2) is 22.8 Å². The van der Waals surface area contributed by atoms with Crippen LogP contribution in [0.1, 0.15) is 21.6 Å². The number of hydrogen-bond donors (Lipinski definition) is 1. The van der Waals surface area contributed by atoms with Crippen LogP contribution in [0, 0.1) is 13.8 Å². The Bertz CT molecular complexity index is 1380. The first-order valence-electron chi connectivity index (χ1n) is 10.3. The number of nitrogens with one attached hydrogen (secondary N) is 1. The molecule has 7 heteroatoms. The molecular formula is C26H22ClN3O3. The lowest BCUT2D eigenvalue weighted by Gasteiger charge is -2.18. The second-order valence-electron chi connectivity index (χ2n) is 7.58. The van der Waals surface area contributed by atoms with Gasteiger partial charge in [0.05, 0.1) is 18.4 Å². The minimum absolute atomic E-state index is 0.262. The Morgan fingerprint density at radius 3 is 2.33 bits per heavy atom. The molecule has 0 spiro atoms. The largest absolute Gasteiger partial charge is 0.497 e. The molecule has 0 aliphatic heterocycles. The maximum atomic E-state index is 13.3. The van der Waals surface area contributed by atoms with Crippen molar-refractivity contribution in [2.75, 3.05) is 12.4 Å². The molecule has 0 saturated carbocycles. The van der Waals surface area contributed by atoms with Gasteiger partial charge in [0.15, 0.2) is 0 Å². The number of aromatic nitrogens is 2. The van der Waals surface area contributed by atoms with Gasteiger partial charge in [0.1, 0.15) is 17.3 Å². The van der Waals surface area contributed by atoms with Gasteiger partial charge in [-0.1, -0.05) is 47.5 Å². The quantitative estimate of drug-likeness (QED) is 0.432. The topological polar surface area (TPSA) is 73.2 Å². The van der Waals surface area contributed by atoms with Gasteiger partial charge in [0, 0.05) is 10.6 Å². The number of rotatable bonds is 5. The maximum Gasteiger partial charge on any atom is 0.256 e. The number of aryl methyl sites for hydroxylation is 2. The molecule has 0 unspecified atom stereocenters. The van der Waals surface area contributed by atoms with E-state index in [2.05, 4.69) is 10.4 Å². The van der Waals surface area contributed by atoms with Crippen molar-refractivity contribution in [3.63, 3.8) is 0 Å². The molecule has 1 aromatic heterocycles. The average Bonchev–Trinajstić information content (AvgIpc) is 2.82. The van der Waals surface area contributed by atoms with Crippen LogP contribution in [0.25, 0.3) is 16.8 Å². The molecule has 3 aromatic carbocycles. The van der Waals surface area contributed by atoms with Crippen LogP contribution in [0.3, 0.4) is 0 Å². The minimum Gasteiger partial charge on any atom is -0.497 e. The number of ether oxygens (including phenoxy) is 1. The van der Waals surface area contributed by atoms with Gasteiger partial charge in [0.25, 0.3) is 5.91 Å².